The van der Waals surface area contributed by atoms with Gasteiger partial charge in [-0.3, -0.25) is 4.79 Å². The predicted octanol–water partition coefficient (Wildman–Crippen LogP) is -0.215. The van der Waals surface area contributed by atoms with Crippen LogP contribution in [0.3, 0.4) is 0 Å². The number of carbonyl (C=O) groups excluding carboxylic acids is 1. The van der Waals surface area contributed by atoms with Crippen molar-refractivity contribution in [2.24, 2.45) is 0 Å². The van der Waals surface area contributed by atoms with Gasteiger partial charge in [0.1, 0.15) is 0 Å². The van der Waals surface area contributed by atoms with Gasteiger partial charge in [-0.2, -0.15) is 0 Å². The van der Waals surface area contributed by atoms with E-state index in [1.807, 2.05) is 11.9 Å². The van der Waals surface area contributed by atoms with E-state index < -0.39 is 0 Å². The van der Waals surface area contributed by atoms with Crippen LogP contribution in [0.5, 0.6) is 0 Å². The second-order valence-electron chi connectivity index (χ2n) is 4.41. The van der Waals surface area contributed by atoms with Gasteiger partial charge < -0.3 is 20.3 Å². The van der Waals surface area contributed by atoms with Crippen LogP contribution in [0.1, 0.15) is 12.0 Å². The summed E-state index contributed by atoms with van der Waals surface area (Å²) in [6, 6.07) is 0. The van der Waals surface area contributed by atoms with Gasteiger partial charge in [0, 0.05) is 65.2 Å². The standard InChI is InChI=1S/C13H23N5O2/c1-14-12(19)4-6-18(2)13-16-9-11(10-17-13)8-15-5-7-20-3/h9-10,15H,4-8H2,1-3H3,(H,14,19). The van der Waals surface area contributed by atoms with Gasteiger partial charge in [-0.25, -0.2) is 9.97 Å². The van der Waals surface area contributed by atoms with Crippen LogP contribution in [0.25, 0.3) is 0 Å². The molecule has 7 heteroatoms. The molecule has 0 spiro atoms. The zero-order chi connectivity index (χ0) is 14.8. The summed E-state index contributed by atoms with van der Waals surface area (Å²) in [4.78, 5) is 21.6. The third-order valence-electron chi connectivity index (χ3n) is 2.80. The van der Waals surface area contributed by atoms with Crippen LogP contribution in [0, 0.1) is 0 Å². The lowest BCUT2D eigenvalue weighted by atomic mass is 10.3. The summed E-state index contributed by atoms with van der Waals surface area (Å²) in [5, 5.41) is 5.82. The predicted molar refractivity (Wildman–Crippen MR) is 77.6 cm³/mol. The maximum Gasteiger partial charge on any atom is 0.225 e. The quantitative estimate of drug-likeness (QED) is 0.610. The summed E-state index contributed by atoms with van der Waals surface area (Å²) >= 11 is 0. The summed E-state index contributed by atoms with van der Waals surface area (Å²) in [5.74, 6) is 0.630. The molecule has 20 heavy (non-hydrogen) atoms. The van der Waals surface area contributed by atoms with Gasteiger partial charge in [0.05, 0.1) is 6.61 Å². The van der Waals surface area contributed by atoms with E-state index >= 15 is 0 Å². The molecule has 7 nitrogen and oxygen atoms in total. The molecule has 1 rings (SSSR count). The zero-order valence-corrected chi connectivity index (χ0v) is 12.3. The first kappa shape index (κ1) is 16.3. The van der Waals surface area contributed by atoms with Crippen molar-refractivity contribution in [2.75, 3.05) is 45.8 Å². The molecule has 0 atom stereocenters. The number of ether oxygens (including phenoxy) is 1. The molecule has 0 bridgehead atoms. The first-order chi connectivity index (χ1) is 9.67. The molecule has 112 valence electrons. The molecule has 1 aromatic rings. The van der Waals surface area contributed by atoms with Crippen molar-refractivity contribution in [1.29, 1.82) is 0 Å². The third-order valence-corrected chi connectivity index (χ3v) is 2.80. The molecule has 0 aliphatic carbocycles. The number of hydrogen-bond donors (Lipinski definition) is 2. The highest BCUT2D eigenvalue weighted by atomic mass is 16.5. The summed E-state index contributed by atoms with van der Waals surface area (Å²) < 4.78 is 4.95. The molecule has 2 N–H and O–H groups in total. The lowest BCUT2D eigenvalue weighted by Crippen LogP contribution is -2.27. The minimum absolute atomic E-state index is 0.0100. The van der Waals surface area contributed by atoms with Crippen molar-refractivity contribution in [1.82, 2.24) is 20.6 Å². The van der Waals surface area contributed by atoms with E-state index in [2.05, 4.69) is 20.6 Å². The Labute approximate surface area is 119 Å². The fraction of sp³-hybridized carbons (Fsp3) is 0.615. The molecule has 0 aliphatic rings. The van der Waals surface area contributed by atoms with Crippen LogP contribution in [-0.2, 0) is 16.1 Å². The zero-order valence-electron chi connectivity index (χ0n) is 12.3. The number of rotatable bonds is 9. The molecule has 0 unspecified atom stereocenters. The Morgan fingerprint density at radius 1 is 1.40 bits per heavy atom. The molecule has 0 saturated carbocycles. The van der Waals surface area contributed by atoms with E-state index in [0.29, 0.717) is 32.1 Å². The molecule has 1 amide bonds. The van der Waals surface area contributed by atoms with Crippen LogP contribution in [0.15, 0.2) is 12.4 Å². The highest BCUT2D eigenvalue weighted by Gasteiger charge is 2.06. The summed E-state index contributed by atoms with van der Waals surface area (Å²) in [7, 11) is 5.17. The van der Waals surface area contributed by atoms with Crippen molar-refractivity contribution in [3.63, 3.8) is 0 Å². The average molecular weight is 281 g/mol. The van der Waals surface area contributed by atoms with Crippen molar-refractivity contribution in [2.45, 2.75) is 13.0 Å². The van der Waals surface area contributed by atoms with Gasteiger partial charge in [-0.05, 0) is 0 Å². The number of hydrogen-bond acceptors (Lipinski definition) is 6. The molecule has 0 radical (unpaired) electrons. The maximum absolute atomic E-state index is 11.2. The topological polar surface area (TPSA) is 79.4 Å². The molecular formula is C13H23N5O2. The lowest BCUT2D eigenvalue weighted by Gasteiger charge is -2.16. The van der Waals surface area contributed by atoms with E-state index in [1.165, 1.54) is 0 Å². The van der Waals surface area contributed by atoms with Crippen LogP contribution in [-0.4, -0.2) is 56.8 Å². The van der Waals surface area contributed by atoms with E-state index in [0.717, 1.165) is 12.1 Å². The Bertz CT molecular complexity index is 396. The molecule has 0 aromatic carbocycles. The Balaban J connectivity index is 2.38. The van der Waals surface area contributed by atoms with Gasteiger partial charge in [-0.1, -0.05) is 0 Å². The Hall–Kier alpha value is -1.73. The average Bonchev–Trinajstić information content (AvgIpc) is 2.49. The normalized spacial score (nSPS) is 10.3. The van der Waals surface area contributed by atoms with Gasteiger partial charge in [0.15, 0.2) is 0 Å². The van der Waals surface area contributed by atoms with Crippen molar-refractivity contribution in [3.8, 4) is 0 Å². The van der Waals surface area contributed by atoms with Crippen LogP contribution in [0.4, 0.5) is 5.95 Å². The van der Waals surface area contributed by atoms with E-state index in [9.17, 15) is 4.79 Å². The minimum Gasteiger partial charge on any atom is -0.383 e. The fourth-order valence-electron chi connectivity index (χ4n) is 1.54. The largest absolute Gasteiger partial charge is 0.383 e. The van der Waals surface area contributed by atoms with Gasteiger partial charge >= 0.3 is 0 Å². The second kappa shape index (κ2) is 9.22. The third kappa shape index (κ3) is 5.94. The Kier molecular flexibility index (Phi) is 7.52. The van der Waals surface area contributed by atoms with Gasteiger partial charge in [-0.15, -0.1) is 0 Å². The SMILES string of the molecule is CNC(=O)CCN(C)c1ncc(CNCCOC)cn1. The van der Waals surface area contributed by atoms with E-state index in [-0.39, 0.29) is 5.91 Å². The minimum atomic E-state index is 0.0100. The van der Waals surface area contributed by atoms with E-state index in [1.54, 1.807) is 26.6 Å². The van der Waals surface area contributed by atoms with Gasteiger partial charge in [0.2, 0.25) is 11.9 Å². The molecule has 1 heterocycles. The summed E-state index contributed by atoms with van der Waals surface area (Å²) in [6.07, 6.45) is 4.01. The highest BCUT2D eigenvalue weighted by Crippen LogP contribution is 2.05. The number of nitrogens with zero attached hydrogens (tertiary/aromatic N) is 3. The maximum atomic E-state index is 11.2. The van der Waals surface area contributed by atoms with Crippen molar-refractivity contribution < 1.29 is 9.53 Å². The number of carbonyl (C=O) groups is 1. The van der Waals surface area contributed by atoms with Crippen molar-refractivity contribution in [3.05, 3.63) is 18.0 Å². The second-order valence-corrected chi connectivity index (χ2v) is 4.41. The number of amides is 1. The monoisotopic (exact) mass is 281 g/mol. The van der Waals surface area contributed by atoms with Crippen molar-refractivity contribution >= 4 is 11.9 Å². The summed E-state index contributed by atoms with van der Waals surface area (Å²) in [5.41, 5.74) is 1.02. The molecule has 0 aliphatic heterocycles. The first-order valence-electron chi connectivity index (χ1n) is 6.59. The Morgan fingerprint density at radius 3 is 2.70 bits per heavy atom. The fourth-order valence-corrected chi connectivity index (χ4v) is 1.54. The summed E-state index contributed by atoms with van der Waals surface area (Å²) in [6.45, 7) is 2.78. The van der Waals surface area contributed by atoms with Crippen LogP contribution >= 0.6 is 0 Å². The number of aromatic nitrogens is 2. The molecule has 0 fully saturated rings. The number of anilines is 1. The van der Waals surface area contributed by atoms with Crippen LogP contribution in [0.2, 0.25) is 0 Å². The van der Waals surface area contributed by atoms with E-state index in [4.69, 9.17) is 4.74 Å². The Morgan fingerprint density at radius 2 is 2.10 bits per heavy atom. The molecule has 0 saturated heterocycles. The van der Waals surface area contributed by atoms with Crippen LogP contribution < -0.4 is 15.5 Å². The smallest absolute Gasteiger partial charge is 0.225 e. The number of nitrogens with one attached hydrogen (secondary N) is 2. The highest BCUT2D eigenvalue weighted by molar-refractivity contribution is 5.76. The number of methoxy groups -OCH3 is 1. The van der Waals surface area contributed by atoms with Gasteiger partial charge in [0.25, 0.3) is 0 Å². The molecule has 1 aromatic heterocycles. The first-order valence-corrected chi connectivity index (χ1v) is 6.59. The lowest BCUT2D eigenvalue weighted by molar-refractivity contribution is -0.120. The molecular weight excluding hydrogens is 258 g/mol.